The number of hydrogen-bond donors (Lipinski definition) is 1. The van der Waals surface area contributed by atoms with Crippen LogP contribution in [0.5, 0.6) is 0 Å². The maximum Gasteiger partial charge on any atom is 0.164 e. The van der Waals surface area contributed by atoms with E-state index in [2.05, 4.69) is 27.4 Å². The lowest BCUT2D eigenvalue weighted by Crippen LogP contribution is -2.50. The van der Waals surface area contributed by atoms with Crippen LogP contribution in [0.2, 0.25) is 0 Å². The fourth-order valence-corrected chi connectivity index (χ4v) is 5.95. The van der Waals surface area contributed by atoms with Gasteiger partial charge in [0.25, 0.3) is 0 Å². The first-order chi connectivity index (χ1) is 12.3. The van der Waals surface area contributed by atoms with E-state index in [1.54, 1.807) is 6.08 Å². The largest absolute Gasteiger partial charge is 0.384 e. The lowest BCUT2D eigenvalue weighted by Gasteiger charge is -2.42. The van der Waals surface area contributed by atoms with Gasteiger partial charge in [-0.2, -0.15) is 0 Å². The van der Waals surface area contributed by atoms with Crippen LogP contribution in [0.4, 0.5) is 0 Å². The van der Waals surface area contributed by atoms with Crippen molar-refractivity contribution in [1.29, 1.82) is 0 Å². The minimum absolute atomic E-state index is 0.0277. The van der Waals surface area contributed by atoms with Crippen molar-refractivity contribution >= 4 is 6.29 Å². The van der Waals surface area contributed by atoms with Gasteiger partial charge >= 0.3 is 0 Å². The van der Waals surface area contributed by atoms with E-state index >= 15 is 0 Å². The molecule has 0 aromatic rings. The number of aldehydes is 1. The summed E-state index contributed by atoms with van der Waals surface area (Å²) in [5.74, 6) is -0.230. The van der Waals surface area contributed by atoms with Crippen molar-refractivity contribution in [2.75, 3.05) is 0 Å². The molecule has 1 N–H and O–H groups in total. The molecule has 1 saturated heterocycles. The second kappa shape index (κ2) is 6.27. The van der Waals surface area contributed by atoms with Crippen LogP contribution in [0.15, 0.2) is 24.3 Å². The average Bonchev–Trinajstić information content (AvgIpc) is 2.96. The molecular weight excluding hydrogens is 340 g/mol. The van der Waals surface area contributed by atoms with Crippen molar-refractivity contribution < 1.29 is 19.4 Å². The third-order valence-corrected chi connectivity index (χ3v) is 7.66. The fourth-order valence-electron chi connectivity index (χ4n) is 5.95. The molecule has 152 valence electrons. The van der Waals surface area contributed by atoms with Crippen molar-refractivity contribution in [1.82, 2.24) is 0 Å². The first kappa shape index (κ1) is 20.8. The van der Waals surface area contributed by atoms with Crippen LogP contribution in [0, 0.1) is 28.6 Å². The highest BCUT2D eigenvalue weighted by atomic mass is 16.8. The van der Waals surface area contributed by atoms with E-state index in [1.807, 2.05) is 33.8 Å². The Morgan fingerprint density at radius 3 is 2.33 bits per heavy atom. The molecule has 0 unspecified atom stereocenters. The number of fused-ring (bicyclic) bond motifs is 3. The van der Waals surface area contributed by atoms with Crippen molar-refractivity contribution in [3.63, 3.8) is 0 Å². The number of carbonyl (C=O) groups is 1. The molecule has 4 nitrogen and oxygen atoms in total. The summed E-state index contributed by atoms with van der Waals surface area (Å²) in [7, 11) is 0. The predicted octanol–water partition coefficient (Wildman–Crippen LogP) is 4.28. The second-order valence-electron chi connectivity index (χ2n) is 10.2. The molecule has 0 aromatic carbocycles. The van der Waals surface area contributed by atoms with Crippen molar-refractivity contribution in [2.24, 2.45) is 28.6 Å². The smallest absolute Gasteiger partial charge is 0.164 e. The summed E-state index contributed by atoms with van der Waals surface area (Å²) in [6.45, 7) is 18.3. The highest BCUT2D eigenvalue weighted by molar-refractivity contribution is 5.63. The quantitative estimate of drug-likeness (QED) is 0.588. The Kier molecular flexibility index (Phi) is 4.82. The third kappa shape index (κ3) is 2.79. The molecule has 7 atom stereocenters. The summed E-state index contributed by atoms with van der Waals surface area (Å²) < 4.78 is 12.7. The highest BCUT2D eigenvalue weighted by Gasteiger charge is 2.64. The van der Waals surface area contributed by atoms with E-state index in [-0.39, 0.29) is 29.5 Å². The Morgan fingerprint density at radius 2 is 1.81 bits per heavy atom. The molecule has 1 heterocycles. The molecule has 0 spiro atoms. The van der Waals surface area contributed by atoms with E-state index in [0.29, 0.717) is 12.3 Å². The lowest BCUT2D eigenvalue weighted by molar-refractivity contribution is -0.162. The monoisotopic (exact) mass is 376 g/mol. The minimum Gasteiger partial charge on any atom is -0.384 e. The van der Waals surface area contributed by atoms with Gasteiger partial charge in [-0.25, -0.2) is 0 Å². The standard InChI is InChI=1S/C23H36O4/c1-9-15(4)23(25)12-16-18-19(27-20(5,6)26-18)17(14(2)3)22(16,8)11-10-21(23,7)13-24/h9,12-15,17-19,25H,1,10-11H2,2-8H3/t15-,17+,18-,19+,21-,22+,23-/m1/s1. The van der Waals surface area contributed by atoms with Crippen molar-refractivity contribution in [3.8, 4) is 0 Å². The molecule has 1 aliphatic heterocycles. The topological polar surface area (TPSA) is 55.8 Å². The Labute approximate surface area is 164 Å². The number of carbonyl (C=O) groups excluding carboxylic acids is 1. The molecule has 2 aliphatic carbocycles. The van der Waals surface area contributed by atoms with Gasteiger partial charge in [0.15, 0.2) is 5.79 Å². The number of hydrogen-bond acceptors (Lipinski definition) is 4. The summed E-state index contributed by atoms with van der Waals surface area (Å²) >= 11 is 0. The van der Waals surface area contributed by atoms with Gasteiger partial charge in [-0.3, -0.25) is 0 Å². The highest BCUT2D eigenvalue weighted by Crippen LogP contribution is 2.62. The van der Waals surface area contributed by atoms with E-state index in [0.717, 1.165) is 18.3 Å². The maximum absolute atomic E-state index is 12.2. The molecule has 3 aliphatic rings. The van der Waals surface area contributed by atoms with Crippen molar-refractivity contribution in [3.05, 3.63) is 24.3 Å². The van der Waals surface area contributed by atoms with E-state index in [4.69, 9.17) is 9.47 Å². The fraction of sp³-hybridized carbons (Fsp3) is 0.783. The molecule has 0 radical (unpaired) electrons. The van der Waals surface area contributed by atoms with Gasteiger partial charge < -0.3 is 19.4 Å². The first-order valence-corrected chi connectivity index (χ1v) is 10.3. The van der Waals surface area contributed by atoms with Crippen LogP contribution in [-0.4, -0.2) is 35.0 Å². The number of ether oxygens (including phenoxy) is 2. The number of aliphatic hydroxyl groups is 1. The van der Waals surface area contributed by atoms with Crippen LogP contribution in [-0.2, 0) is 14.3 Å². The summed E-state index contributed by atoms with van der Waals surface area (Å²) in [6.07, 6.45) is 5.86. The van der Waals surface area contributed by atoms with Gasteiger partial charge in [-0.15, -0.1) is 6.58 Å². The van der Waals surface area contributed by atoms with Crippen LogP contribution in [0.1, 0.15) is 61.3 Å². The van der Waals surface area contributed by atoms with Gasteiger partial charge in [0.1, 0.15) is 18.0 Å². The molecule has 0 aromatic heterocycles. The van der Waals surface area contributed by atoms with E-state index in [9.17, 15) is 9.90 Å². The van der Waals surface area contributed by atoms with Crippen LogP contribution in [0.25, 0.3) is 0 Å². The van der Waals surface area contributed by atoms with Crippen LogP contribution in [0.3, 0.4) is 0 Å². The average molecular weight is 377 g/mol. The summed E-state index contributed by atoms with van der Waals surface area (Å²) in [5.41, 5.74) is -1.24. The lowest BCUT2D eigenvalue weighted by atomic mass is 9.65. The summed E-state index contributed by atoms with van der Waals surface area (Å²) in [4.78, 5) is 12.2. The molecular formula is C23H36O4. The van der Waals surface area contributed by atoms with Gasteiger partial charge in [0, 0.05) is 5.92 Å². The van der Waals surface area contributed by atoms with Crippen LogP contribution < -0.4 is 0 Å². The molecule has 2 fully saturated rings. The molecule has 27 heavy (non-hydrogen) atoms. The summed E-state index contributed by atoms with van der Waals surface area (Å²) in [5, 5.41) is 11.8. The Morgan fingerprint density at radius 1 is 1.19 bits per heavy atom. The Balaban J connectivity index is 2.22. The predicted molar refractivity (Wildman–Crippen MR) is 106 cm³/mol. The summed E-state index contributed by atoms with van der Waals surface area (Å²) in [6, 6.07) is 0. The van der Waals surface area contributed by atoms with Gasteiger partial charge in [-0.1, -0.05) is 33.8 Å². The Hall–Kier alpha value is -0.970. The first-order valence-electron chi connectivity index (χ1n) is 10.3. The minimum atomic E-state index is -1.30. The SMILES string of the molecule is C=C[C@@H](C)[C@]1(O)C=C2[C@H]3OC(C)(C)O[C@H]3[C@H](C(C)C)[C@@]2(C)CC[C@]1(C)C=O. The van der Waals surface area contributed by atoms with Gasteiger partial charge in [0.05, 0.1) is 11.5 Å². The van der Waals surface area contributed by atoms with E-state index < -0.39 is 16.8 Å². The van der Waals surface area contributed by atoms with Crippen LogP contribution >= 0.6 is 0 Å². The Bertz CT molecular complexity index is 665. The third-order valence-electron chi connectivity index (χ3n) is 7.66. The van der Waals surface area contributed by atoms with Gasteiger partial charge in [0.2, 0.25) is 0 Å². The zero-order valence-electron chi connectivity index (χ0n) is 17.9. The van der Waals surface area contributed by atoms with Gasteiger partial charge in [-0.05, 0) is 62.5 Å². The maximum atomic E-state index is 12.2. The molecule has 3 rings (SSSR count). The number of rotatable bonds is 4. The normalized spacial score (nSPS) is 47.0. The van der Waals surface area contributed by atoms with Crippen molar-refractivity contribution in [2.45, 2.75) is 84.9 Å². The molecule has 1 saturated carbocycles. The van der Waals surface area contributed by atoms with E-state index in [1.165, 1.54) is 0 Å². The second-order valence-corrected chi connectivity index (χ2v) is 10.2. The molecule has 0 amide bonds. The zero-order chi connectivity index (χ0) is 20.4. The zero-order valence-corrected chi connectivity index (χ0v) is 17.9. The molecule has 4 heteroatoms. The molecule has 0 bridgehead atoms.